The number of rotatable bonds is 4. The standard InChI is InChI=1S/C17H14F3N3O/c18-17(19,20)16-22-13-7-6-12(10-14(13)23-16)15(24)21-9-8-11-4-2-1-3-5-11/h1-7,10H,8-9H2,(H,21,24)(H,22,23). The van der Waals surface area contributed by atoms with Gasteiger partial charge in [0.15, 0.2) is 0 Å². The van der Waals surface area contributed by atoms with Crippen LogP contribution in [-0.2, 0) is 12.6 Å². The molecule has 7 heteroatoms. The van der Waals surface area contributed by atoms with Crippen LogP contribution in [0, 0.1) is 0 Å². The normalized spacial score (nSPS) is 11.6. The van der Waals surface area contributed by atoms with Gasteiger partial charge in [-0.25, -0.2) is 4.98 Å². The summed E-state index contributed by atoms with van der Waals surface area (Å²) in [6, 6.07) is 13.9. The first kappa shape index (κ1) is 16.0. The molecule has 0 aliphatic rings. The van der Waals surface area contributed by atoms with Crippen molar-refractivity contribution >= 4 is 16.9 Å². The summed E-state index contributed by atoms with van der Waals surface area (Å²) in [6.07, 6.45) is -3.87. The molecule has 0 bridgehead atoms. The van der Waals surface area contributed by atoms with Gasteiger partial charge in [0.05, 0.1) is 11.0 Å². The van der Waals surface area contributed by atoms with E-state index in [2.05, 4.69) is 15.3 Å². The van der Waals surface area contributed by atoms with E-state index < -0.39 is 12.0 Å². The molecule has 1 heterocycles. The molecule has 2 aromatic carbocycles. The number of H-pyrrole nitrogens is 1. The van der Waals surface area contributed by atoms with Crippen LogP contribution in [0.4, 0.5) is 13.2 Å². The molecule has 2 N–H and O–H groups in total. The Kier molecular flexibility index (Phi) is 4.24. The number of carbonyl (C=O) groups is 1. The number of nitrogens with zero attached hydrogens (tertiary/aromatic N) is 1. The van der Waals surface area contributed by atoms with Gasteiger partial charge in [-0.3, -0.25) is 4.79 Å². The highest BCUT2D eigenvalue weighted by Gasteiger charge is 2.34. The highest BCUT2D eigenvalue weighted by atomic mass is 19.4. The van der Waals surface area contributed by atoms with Crippen LogP contribution in [0.2, 0.25) is 0 Å². The smallest absolute Gasteiger partial charge is 0.352 e. The molecule has 3 aromatic rings. The van der Waals surface area contributed by atoms with Crippen molar-refractivity contribution in [2.75, 3.05) is 6.54 Å². The second kappa shape index (κ2) is 6.35. The Balaban J connectivity index is 1.68. The van der Waals surface area contributed by atoms with Crippen molar-refractivity contribution in [1.82, 2.24) is 15.3 Å². The number of hydrogen-bond acceptors (Lipinski definition) is 2. The minimum absolute atomic E-state index is 0.170. The lowest BCUT2D eigenvalue weighted by Crippen LogP contribution is -2.25. The number of fused-ring (bicyclic) bond motifs is 1. The number of aromatic nitrogens is 2. The third kappa shape index (κ3) is 3.56. The molecule has 24 heavy (non-hydrogen) atoms. The van der Waals surface area contributed by atoms with Crippen molar-refractivity contribution in [3.63, 3.8) is 0 Å². The molecule has 0 unspecified atom stereocenters. The van der Waals surface area contributed by atoms with Gasteiger partial charge >= 0.3 is 6.18 Å². The van der Waals surface area contributed by atoms with Gasteiger partial charge in [-0.15, -0.1) is 0 Å². The molecule has 0 aliphatic carbocycles. The molecule has 0 saturated heterocycles. The predicted molar refractivity (Wildman–Crippen MR) is 83.6 cm³/mol. The van der Waals surface area contributed by atoms with Crippen molar-refractivity contribution < 1.29 is 18.0 Å². The zero-order chi connectivity index (χ0) is 17.2. The molecule has 0 spiro atoms. The topological polar surface area (TPSA) is 57.8 Å². The Hall–Kier alpha value is -2.83. The SMILES string of the molecule is O=C(NCCc1ccccc1)c1ccc2nc(C(F)(F)F)[nH]c2c1. The number of hydrogen-bond donors (Lipinski definition) is 2. The van der Waals surface area contributed by atoms with Crippen molar-refractivity contribution in [1.29, 1.82) is 0 Å². The Morgan fingerprint density at radius 1 is 1.12 bits per heavy atom. The maximum atomic E-state index is 12.6. The fraction of sp³-hybridized carbons (Fsp3) is 0.176. The first-order valence-corrected chi connectivity index (χ1v) is 7.32. The summed E-state index contributed by atoms with van der Waals surface area (Å²) < 4.78 is 37.9. The lowest BCUT2D eigenvalue weighted by Gasteiger charge is -2.05. The molecule has 1 amide bonds. The average Bonchev–Trinajstić information content (AvgIpc) is 2.99. The summed E-state index contributed by atoms with van der Waals surface area (Å²) in [6.45, 7) is 0.442. The largest absolute Gasteiger partial charge is 0.449 e. The molecular weight excluding hydrogens is 319 g/mol. The first-order chi connectivity index (χ1) is 11.4. The quantitative estimate of drug-likeness (QED) is 0.767. The van der Waals surface area contributed by atoms with Gasteiger partial charge in [-0.05, 0) is 30.2 Å². The van der Waals surface area contributed by atoms with Gasteiger partial charge in [0.2, 0.25) is 5.82 Å². The van der Waals surface area contributed by atoms with Crippen LogP contribution in [0.25, 0.3) is 11.0 Å². The number of halogens is 3. The van der Waals surface area contributed by atoms with Crippen LogP contribution in [0.5, 0.6) is 0 Å². The van der Waals surface area contributed by atoms with Crippen LogP contribution in [0.3, 0.4) is 0 Å². The lowest BCUT2D eigenvalue weighted by molar-refractivity contribution is -0.144. The molecule has 124 valence electrons. The maximum absolute atomic E-state index is 12.6. The van der Waals surface area contributed by atoms with E-state index in [9.17, 15) is 18.0 Å². The zero-order valence-corrected chi connectivity index (χ0v) is 12.5. The van der Waals surface area contributed by atoms with E-state index in [0.717, 1.165) is 5.56 Å². The fourth-order valence-corrected chi connectivity index (χ4v) is 2.35. The monoisotopic (exact) mass is 333 g/mol. The van der Waals surface area contributed by atoms with E-state index in [0.29, 0.717) is 13.0 Å². The maximum Gasteiger partial charge on any atom is 0.449 e. The predicted octanol–water partition coefficient (Wildman–Crippen LogP) is 3.55. The van der Waals surface area contributed by atoms with Crippen molar-refractivity contribution in [3.05, 3.63) is 65.5 Å². The number of amides is 1. The second-order valence-corrected chi connectivity index (χ2v) is 5.31. The molecule has 4 nitrogen and oxygen atoms in total. The zero-order valence-electron chi connectivity index (χ0n) is 12.5. The van der Waals surface area contributed by atoms with Crippen LogP contribution >= 0.6 is 0 Å². The summed E-state index contributed by atoms with van der Waals surface area (Å²) in [5.74, 6) is -1.41. The van der Waals surface area contributed by atoms with E-state index in [1.165, 1.54) is 18.2 Å². The van der Waals surface area contributed by atoms with Crippen LogP contribution in [0.15, 0.2) is 48.5 Å². The number of aromatic amines is 1. The summed E-state index contributed by atoms with van der Waals surface area (Å²) in [4.78, 5) is 17.8. The molecule has 0 fully saturated rings. The third-order valence-electron chi connectivity index (χ3n) is 3.55. The van der Waals surface area contributed by atoms with Gasteiger partial charge < -0.3 is 10.3 Å². The molecule has 3 rings (SSSR count). The Morgan fingerprint density at radius 2 is 1.88 bits per heavy atom. The van der Waals surface area contributed by atoms with E-state index >= 15 is 0 Å². The van der Waals surface area contributed by atoms with Gasteiger partial charge in [0, 0.05) is 12.1 Å². The number of nitrogens with one attached hydrogen (secondary N) is 2. The van der Waals surface area contributed by atoms with Gasteiger partial charge in [0.25, 0.3) is 5.91 Å². The average molecular weight is 333 g/mol. The van der Waals surface area contributed by atoms with E-state index in [1.807, 2.05) is 30.3 Å². The van der Waals surface area contributed by atoms with Gasteiger partial charge in [-0.1, -0.05) is 30.3 Å². The highest BCUT2D eigenvalue weighted by Crippen LogP contribution is 2.28. The summed E-state index contributed by atoms with van der Waals surface area (Å²) in [5.41, 5.74) is 1.73. The van der Waals surface area contributed by atoms with Gasteiger partial charge in [-0.2, -0.15) is 13.2 Å². The number of benzene rings is 2. The van der Waals surface area contributed by atoms with Crippen LogP contribution in [0.1, 0.15) is 21.7 Å². The first-order valence-electron chi connectivity index (χ1n) is 7.32. The Morgan fingerprint density at radius 3 is 2.58 bits per heavy atom. The number of carbonyl (C=O) groups excluding carboxylic acids is 1. The Bertz CT molecular complexity index is 856. The molecular formula is C17H14F3N3O. The summed E-state index contributed by atoms with van der Waals surface area (Å²) in [7, 11) is 0. The Labute approximate surface area is 135 Å². The lowest BCUT2D eigenvalue weighted by atomic mass is 10.1. The molecule has 0 saturated carbocycles. The fourth-order valence-electron chi connectivity index (χ4n) is 2.35. The van der Waals surface area contributed by atoms with E-state index in [4.69, 9.17) is 0 Å². The van der Waals surface area contributed by atoms with Crippen LogP contribution < -0.4 is 5.32 Å². The number of alkyl halides is 3. The highest BCUT2D eigenvalue weighted by molar-refractivity contribution is 5.97. The number of imidazole rings is 1. The van der Waals surface area contributed by atoms with Crippen LogP contribution in [-0.4, -0.2) is 22.4 Å². The molecule has 0 radical (unpaired) electrons. The minimum Gasteiger partial charge on any atom is -0.352 e. The molecule has 1 aromatic heterocycles. The van der Waals surface area contributed by atoms with E-state index in [-0.39, 0.29) is 22.5 Å². The van der Waals surface area contributed by atoms with Crippen molar-refractivity contribution in [3.8, 4) is 0 Å². The molecule has 0 atom stereocenters. The van der Waals surface area contributed by atoms with Crippen molar-refractivity contribution in [2.24, 2.45) is 0 Å². The summed E-state index contributed by atoms with van der Waals surface area (Å²) in [5, 5.41) is 2.75. The summed E-state index contributed by atoms with van der Waals surface area (Å²) >= 11 is 0. The molecule has 0 aliphatic heterocycles. The third-order valence-corrected chi connectivity index (χ3v) is 3.55. The van der Waals surface area contributed by atoms with Crippen molar-refractivity contribution in [2.45, 2.75) is 12.6 Å². The minimum atomic E-state index is -4.54. The second-order valence-electron chi connectivity index (χ2n) is 5.31. The van der Waals surface area contributed by atoms with Gasteiger partial charge in [0.1, 0.15) is 0 Å². The van der Waals surface area contributed by atoms with E-state index in [1.54, 1.807) is 0 Å².